The molecule has 1 saturated carbocycles. The fraction of sp³-hybridized carbons (Fsp3) is 0.429. The zero-order chi connectivity index (χ0) is 15.6. The molecule has 1 aromatic rings. The maximum absolute atomic E-state index is 12.4. The Labute approximate surface area is 119 Å². The third kappa shape index (κ3) is 4.21. The maximum atomic E-state index is 12.4. The molecule has 1 amide bonds. The second-order valence-electron chi connectivity index (χ2n) is 4.92. The van der Waals surface area contributed by atoms with Gasteiger partial charge in [0.15, 0.2) is 6.10 Å². The number of ether oxygens (including phenoxy) is 1. The summed E-state index contributed by atoms with van der Waals surface area (Å²) in [7, 11) is 0. The number of amides is 1. The van der Waals surface area contributed by atoms with Crippen molar-refractivity contribution in [3.05, 3.63) is 29.8 Å². The van der Waals surface area contributed by atoms with Gasteiger partial charge in [-0.05, 0) is 44.0 Å². The molecule has 0 aromatic heterocycles. The number of hydrogen-bond acceptors (Lipinski definition) is 3. The number of alkyl halides is 3. The van der Waals surface area contributed by atoms with Crippen molar-refractivity contribution in [2.45, 2.75) is 32.0 Å². The molecular weight excluding hydrogens is 287 g/mol. The first-order chi connectivity index (χ1) is 9.77. The Morgan fingerprint density at radius 3 is 2.29 bits per heavy atom. The van der Waals surface area contributed by atoms with Crippen molar-refractivity contribution < 1.29 is 27.5 Å². The van der Waals surface area contributed by atoms with Gasteiger partial charge in [0.05, 0.1) is 11.5 Å². The van der Waals surface area contributed by atoms with Gasteiger partial charge in [0.1, 0.15) is 0 Å². The SMILES string of the molecule is CC(OC(=O)C1CC1)C(=O)Nc1ccc(C(F)(F)F)cc1. The van der Waals surface area contributed by atoms with Crippen LogP contribution < -0.4 is 5.32 Å². The Morgan fingerprint density at radius 1 is 1.24 bits per heavy atom. The molecule has 0 radical (unpaired) electrons. The van der Waals surface area contributed by atoms with E-state index in [9.17, 15) is 22.8 Å². The molecule has 0 bridgehead atoms. The van der Waals surface area contributed by atoms with Crippen molar-refractivity contribution in [1.82, 2.24) is 0 Å². The van der Waals surface area contributed by atoms with Gasteiger partial charge in [0.25, 0.3) is 5.91 Å². The highest BCUT2D eigenvalue weighted by atomic mass is 19.4. The third-order valence-corrected chi connectivity index (χ3v) is 3.05. The summed E-state index contributed by atoms with van der Waals surface area (Å²) < 4.78 is 42.1. The van der Waals surface area contributed by atoms with E-state index in [1.807, 2.05) is 0 Å². The third-order valence-electron chi connectivity index (χ3n) is 3.05. The van der Waals surface area contributed by atoms with Crippen molar-refractivity contribution in [3.8, 4) is 0 Å². The first kappa shape index (κ1) is 15.3. The van der Waals surface area contributed by atoms with Crippen molar-refractivity contribution in [3.63, 3.8) is 0 Å². The van der Waals surface area contributed by atoms with Gasteiger partial charge in [-0.1, -0.05) is 0 Å². The Balaban J connectivity index is 1.91. The van der Waals surface area contributed by atoms with Gasteiger partial charge in [-0.2, -0.15) is 13.2 Å². The number of carbonyl (C=O) groups excluding carboxylic acids is 2. The molecule has 2 rings (SSSR count). The van der Waals surface area contributed by atoms with Gasteiger partial charge in [-0.3, -0.25) is 9.59 Å². The van der Waals surface area contributed by atoms with Crippen LogP contribution in [0.25, 0.3) is 0 Å². The molecule has 1 aromatic carbocycles. The fourth-order valence-corrected chi connectivity index (χ4v) is 1.63. The number of halogens is 3. The van der Waals surface area contributed by atoms with Crippen LogP contribution in [-0.2, 0) is 20.5 Å². The van der Waals surface area contributed by atoms with Crippen molar-refractivity contribution in [2.75, 3.05) is 5.32 Å². The molecule has 1 atom stereocenters. The van der Waals surface area contributed by atoms with E-state index in [2.05, 4.69) is 5.32 Å². The average Bonchev–Trinajstić information content (AvgIpc) is 3.22. The van der Waals surface area contributed by atoms with Gasteiger partial charge >= 0.3 is 12.1 Å². The van der Waals surface area contributed by atoms with E-state index in [1.165, 1.54) is 6.92 Å². The molecular formula is C14H14F3NO3. The van der Waals surface area contributed by atoms with Gasteiger partial charge in [0.2, 0.25) is 0 Å². The van der Waals surface area contributed by atoms with Crippen LogP contribution in [0.2, 0.25) is 0 Å². The number of rotatable bonds is 4. The van der Waals surface area contributed by atoms with Gasteiger partial charge in [-0.15, -0.1) is 0 Å². The highest BCUT2D eigenvalue weighted by molar-refractivity contribution is 5.95. The molecule has 1 fully saturated rings. The highest BCUT2D eigenvalue weighted by Crippen LogP contribution is 2.31. The predicted octanol–water partition coefficient (Wildman–Crippen LogP) is 2.99. The Bertz CT molecular complexity index is 535. The second kappa shape index (κ2) is 5.75. The standard InChI is InChI=1S/C14H14F3NO3/c1-8(21-13(20)9-2-3-9)12(19)18-11-6-4-10(5-7-11)14(15,16)17/h4-9H,2-3H2,1H3,(H,18,19). The summed E-state index contributed by atoms with van der Waals surface area (Å²) in [6.07, 6.45) is -3.87. The number of nitrogens with one attached hydrogen (secondary N) is 1. The molecule has 1 unspecified atom stereocenters. The molecule has 1 N–H and O–H groups in total. The minimum atomic E-state index is -4.42. The number of esters is 1. The number of hydrogen-bond donors (Lipinski definition) is 1. The lowest BCUT2D eigenvalue weighted by Gasteiger charge is -2.14. The summed E-state index contributed by atoms with van der Waals surface area (Å²) in [6.45, 7) is 1.42. The summed E-state index contributed by atoms with van der Waals surface area (Å²) in [5.74, 6) is -1.11. The van der Waals surface area contributed by atoms with E-state index in [-0.39, 0.29) is 11.6 Å². The summed E-state index contributed by atoms with van der Waals surface area (Å²) in [6, 6.07) is 4.04. The zero-order valence-electron chi connectivity index (χ0n) is 11.2. The zero-order valence-corrected chi connectivity index (χ0v) is 11.2. The quantitative estimate of drug-likeness (QED) is 0.870. The van der Waals surface area contributed by atoms with Gasteiger partial charge < -0.3 is 10.1 Å². The number of carbonyl (C=O) groups is 2. The minimum absolute atomic E-state index is 0.119. The molecule has 21 heavy (non-hydrogen) atoms. The molecule has 4 nitrogen and oxygen atoms in total. The van der Waals surface area contributed by atoms with Gasteiger partial charge in [0, 0.05) is 5.69 Å². The summed E-state index contributed by atoms with van der Waals surface area (Å²) in [4.78, 5) is 23.2. The van der Waals surface area contributed by atoms with E-state index in [0.29, 0.717) is 0 Å². The lowest BCUT2D eigenvalue weighted by atomic mass is 10.2. The molecule has 1 aliphatic rings. The lowest BCUT2D eigenvalue weighted by molar-refractivity contribution is -0.154. The Hall–Kier alpha value is -2.05. The van der Waals surface area contributed by atoms with Crippen LogP contribution in [0.5, 0.6) is 0 Å². The Kier molecular flexibility index (Phi) is 4.20. The van der Waals surface area contributed by atoms with E-state index in [1.54, 1.807) is 0 Å². The van der Waals surface area contributed by atoms with Crippen LogP contribution >= 0.6 is 0 Å². The smallest absolute Gasteiger partial charge is 0.416 e. The number of benzene rings is 1. The molecule has 0 spiro atoms. The first-order valence-electron chi connectivity index (χ1n) is 6.46. The predicted molar refractivity (Wildman–Crippen MR) is 68.4 cm³/mol. The molecule has 0 aliphatic heterocycles. The highest BCUT2D eigenvalue weighted by Gasteiger charge is 2.33. The topological polar surface area (TPSA) is 55.4 Å². The van der Waals surface area contributed by atoms with Crippen LogP contribution in [0.15, 0.2) is 24.3 Å². The lowest BCUT2D eigenvalue weighted by Crippen LogP contribution is -2.30. The van der Waals surface area contributed by atoms with E-state index in [0.717, 1.165) is 37.1 Å². The normalized spacial score (nSPS) is 16.2. The van der Waals surface area contributed by atoms with Crippen molar-refractivity contribution >= 4 is 17.6 Å². The second-order valence-corrected chi connectivity index (χ2v) is 4.92. The number of anilines is 1. The average molecular weight is 301 g/mol. The summed E-state index contributed by atoms with van der Waals surface area (Å²) >= 11 is 0. The maximum Gasteiger partial charge on any atom is 0.416 e. The van der Waals surface area contributed by atoms with E-state index < -0.39 is 29.7 Å². The van der Waals surface area contributed by atoms with E-state index in [4.69, 9.17) is 4.74 Å². The largest absolute Gasteiger partial charge is 0.452 e. The Morgan fingerprint density at radius 2 is 1.81 bits per heavy atom. The van der Waals surface area contributed by atoms with E-state index >= 15 is 0 Å². The van der Waals surface area contributed by atoms with Crippen LogP contribution in [0.4, 0.5) is 18.9 Å². The monoisotopic (exact) mass is 301 g/mol. The van der Waals surface area contributed by atoms with Crippen molar-refractivity contribution in [1.29, 1.82) is 0 Å². The van der Waals surface area contributed by atoms with Crippen LogP contribution in [0, 0.1) is 5.92 Å². The molecule has 0 saturated heterocycles. The molecule has 0 heterocycles. The molecule has 114 valence electrons. The van der Waals surface area contributed by atoms with Crippen LogP contribution in [0.3, 0.4) is 0 Å². The summed E-state index contributed by atoms with van der Waals surface area (Å²) in [5.41, 5.74) is -0.587. The first-order valence-corrected chi connectivity index (χ1v) is 6.46. The van der Waals surface area contributed by atoms with Crippen LogP contribution in [0.1, 0.15) is 25.3 Å². The van der Waals surface area contributed by atoms with Gasteiger partial charge in [-0.25, -0.2) is 0 Å². The minimum Gasteiger partial charge on any atom is -0.452 e. The van der Waals surface area contributed by atoms with Crippen LogP contribution in [-0.4, -0.2) is 18.0 Å². The molecule has 1 aliphatic carbocycles. The molecule has 7 heteroatoms. The summed E-state index contributed by atoms with van der Waals surface area (Å²) in [5, 5.41) is 2.40. The van der Waals surface area contributed by atoms with Crippen molar-refractivity contribution in [2.24, 2.45) is 5.92 Å². The fourth-order valence-electron chi connectivity index (χ4n) is 1.63.